The minimum Gasteiger partial charge on any atom is -0.491 e. The summed E-state index contributed by atoms with van der Waals surface area (Å²) in [5.74, 6) is 0.954. The summed E-state index contributed by atoms with van der Waals surface area (Å²) in [5.41, 5.74) is 13.6. The summed E-state index contributed by atoms with van der Waals surface area (Å²) in [4.78, 5) is 0. The van der Waals surface area contributed by atoms with E-state index in [9.17, 15) is 0 Å². The molecule has 0 aliphatic heterocycles. The lowest BCUT2D eigenvalue weighted by Crippen LogP contribution is -2.21. The van der Waals surface area contributed by atoms with E-state index in [1.165, 1.54) is 22.3 Å². The number of nitrogens with two attached hydrogens (primary N) is 1. The quantitative estimate of drug-likeness (QED) is 0.907. The van der Waals surface area contributed by atoms with E-state index in [0.717, 1.165) is 16.9 Å². The van der Waals surface area contributed by atoms with E-state index < -0.39 is 0 Å². The van der Waals surface area contributed by atoms with Crippen LogP contribution in [0.25, 0.3) is 0 Å². The van der Waals surface area contributed by atoms with E-state index >= 15 is 0 Å². The van der Waals surface area contributed by atoms with Gasteiger partial charge in [-0.2, -0.15) is 0 Å². The highest BCUT2D eigenvalue weighted by atomic mass is 16.5. The highest BCUT2D eigenvalue weighted by molar-refractivity contribution is 5.41. The van der Waals surface area contributed by atoms with Gasteiger partial charge in [0.05, 0.1) is 6.04 Å². The van der Waals surface area contributed by atoms with Gasteiger partial charge < -0.3 is 10.5 Å². The van der Waals surface area contributed by atoms with E-state index in [1.807, 2.05) is 6.07 Å². The second-order valence-corrected chi connectivity index (χ2v) is 5.95. The van der Waals surface area contributed by atoms with Crippen LogP contribution in [0.5, 0.6) is 5.75 Å². The van der Waals surface area contributed by atoms with Gasteiger partial charge in [0.25, 0.3) is 0 Å². The van der Waals surface area contributed by atoms with Gasteiger partial charge in [-0.25, -0.2) is 0 Å². The normalized spacial score (nSPS) is 12.3. The van der Waals surface area contributed by atoms with E-state index in [1.54, 1.807) is 0 Å². The first kappa shape index (κ1) is 15.6. The maximum absolute atomic E-state index is 6.37. The Hall–Kier alpha value is -1.80. The molecule has 0 spiro atoms. The largest absolute Gasteiger partial charge is 0.491 e. The smallest absolute Gasteiger partial charge is 0.125 e. The van der Waals surface area contributed by atoms with Crippen molar-refractivity contribution in [1.29, 1.82) is 0 Å². The third-order valence-corrected chi connectivity index (χ3v) is 3.92. The van der Waals surface area contributed by atoms with Gasteiger partial charge in [-0.1, -0.05) is 35.9 Å². The topological polar surface area (TPSA) is 35.2 Å². The van der Waals surface area contributed by atoms with Crippen LogP contribution in [0.1, 0.15) is 39.4 Å². The number of ether oxygens (including phenoxy) is 1. The van der Waals surface area contributed by atoms with Crippen LogP contribution in [0, 0.1) is 34.6 Å². The third-order valence-electron chi connectivity index (χ3n) is 3.92. The van der Waals surface area contributed by atoms with Gasteiger partial charge in [0.15, 0.2) is 0 Å². The molecular weight excluding hydrogens is 258 g/mol. The molecule has 1 unspecified atom stereocenters. The number of hydrogen-bond donors (Lipinski definition) is 1. The third kappa shape index (κ3) is 3.45. The summed E-state index contributed by atoms with van der Waals surface area (Å²) in [5, 5.41) is 0. The van der Waals surface area contributed by atoms with Gasteiger partial charge in [0, 0.05) is 0 Å². The zero-order valence-corrected chi connectivity index (χ0v) is 13.7. The molecule has 0 radical (unpaired) electrons. The van der Waals surface area contributed by atoms with Crippen molar-refractivity contribution in [2.75, 3.05) is 6.61 Å². The average molecular weight is 283 g/mol. The van der Waals surface area contributed by atoms with Crippen molar-refractivity contribution in [3.63, 3.8) is 0 Å². The highest BCUT2D eigenvalue weighted by Gasteiger charge is 2.14. The summed E-state index contributed by atoms with van der Waals surface area (Å²) in [7, 11) is 0. The van der Waals surface area contributed by atoms with Crippen LogP contribution in [-0.2, 0) is 0 Å². The molecule has 0 saturated heterocycles. The number of rotatable bonds is 4. The van der Waals surface area contributed by atoms with E-state index in [-0.39, 0.29) is 6.04 Å². The minimum absolute atomic E-state index is 0.107. The van der Waals surface area contributed by atoms with Crippen molar-refractivity contribution in [2.45, 2.75) is 40.7 Å². The molecule has 2 nitrogen and oxygen atoms in total. The summed E-state index contributed by atoms with van der Waals surface area (Å²) >= 11 is 0. The second kappa shape index (κ2) is 6.31. The van der Waals surface area contributed by atoms with Gasteiger partial charge in [-0.05, 0) is 62.4 Å². The monoisotopic (exact) mass is 283 g/mol. The van der Waals surface area contributed by atoms with E-state index in [0.29, 0.717) is 6.61 Å². The SMILES string of the molecule is Cc1cc(C)c(C(N)COc2c(C)cccc2C)c(C)c1. The van der Waals surface area contributed by atoms with Gasteiger partial charge in [-0.3, -0.25) is 0 Å². The van der Waals surface area contributed by atoms with Crippen molar-refractivity contribution >= 4 is 0 Å². The number of aryl methyl sites for hydroxylation is 5. The zero-order chi connectivity index (χ0) is 15.6. The Morgan fingerprint density at radius 2 is 1.43 bits per heavy atom. The highest BCUT2D eigenvalue weighted by Crippen LogP contribution is 2.26. The van der Waals surface area contributed by atoms with Crippen molar-refractivity contribution < 1.29 is 4.74 Å². The first-order valence-electron chi connectivity index (χ1n) is 7.42. The van der Waals surface area contributed by atoms with Crippen LogP contribution >= 0.6 is 0 Å². The van der Waals surface area contributed by atoms with Crippen LogP contribution < -0.4 is 10.5 Å². The summed E-state index contributed by atoms with van der Waals surface area (Å²) in [6, 6.07) is 10.4. The number of benzene rings is 2. The molecule has 2 heteroatoms. The number of hydrogen-bond acceptors (Lipinski definition) is 2. The Labute approximate surface area is 127 Å². The molecule has 2 rings (SSSR count). The molecule has 0 bridgehead atoms. The van der Waals surface area contributed by atoms with Crippen molar-refractivity contribution in [2.24, 2.45) is 5.73 Å². The Morgan fingerprint density at radius 3 is 1.95 bits per heavy atom. The first-order chi connectivity index (χ1) is 9.90. The summed E-state index contributed by atoms with van der Waals surface area (Å²) < 4.78 is 6.00. The van der Waals surface area contributed by atoms with Crippen LogP contribution in [0.3, 0.4) is 0 Å². The fourth-order valence-corrected chi connectivity index (χ4v) is 3.06. The molecular formula is C19H25NO. The van der Waals surface area contributed by atoms with Gasteiger partial charge in [-0.15, -0.1) is 0 Å². The molecule has 0 fully saturated rings. The molecule has 1 atom stereocenters. The van der Waals surface area contributed by atoms with Crippen LogP contribution in [0.15, 0.2) is 30.3 Å². The molecule has 2 aromatic rings. The van der Waals surface area contributed by atoms with Crippen molar-refractivity contribution in [3.8, 4) is 5.75 Å². The summed E-state index contributed by atoms with van der Waals surface area (Å²) in [6.07, 6.45) is 0. The molecule has 112 valence electrons. The van der Waals surface area contributed by atoms with Gasteiger partial charge in [0.2, 0.25) is 0 Å². The Balaban J connectivity index is 2.18. The van der Waals surface area contributed by atoms with Gasteiger partial charge in [0.1, 0.15) is 12.4 Å². The summed E-state index contributed by atoms with van der Waals surface area (Å²) in [6.45, 7) is 11.0. The molecule has 0 saturated carbocycles. The predicted molar refractivity (Wildman–Crippen MR) is 89.0 cm³/mol. The Kier molecular flexibility index (Phi) is 4.69. The lowest BCUT2D eigenvalue weighted by molar-refractivity contribution is 0.286. The predicted octanol–water partition coefficient (Wildman–Crippen LogP) is 4.31. The van der Waals surface area contributed by atoms with Gasteiger partial charge >= 0.3 is 0 Å². The first-order valence-corrected chi connectivity index (χ1v) is 7.42. The molecule has 0 aromatic heterocycles. The van der Waals surface area contributed by atoms with E-state index in [2.05, 4.69) is 58.9 Å². The molecule has 0 aliphatic rings. The average Bonchev–Trinajstić information content (AvgIpc) is 2.36. The molecule has 0 heterocycles. The Bertz CT molecular complexity index is 603. The molecule has 2 aromatic carbocycles. The number of para-hydroxylation sites is 1. The van der Waals surface area contributed by atoms with Crippen LogP contribution in [0.4, 0.5) is 0 Å². The minimum atomic E-state index is -0.107. The maximum Gasteiger partial charge on any atom is 0.125 e. The fraction of sp³-hybridized carbons (Fsp3) is 0.368. The zero-order valence-electron chi connectivity index (χ0n) is 13.7. The molecule has 21 heavy (non-hydrogen) atoms. The molecule has 0 amide bonds. The van der Waals surface area contributed by atoms with Crippen molar-refractivity contribution in [1.82, 2.24) is 0 Å². The fourth-order valence-electron chi connectivity index (χ4n) is 3.06. The second-order valence-electron chi connectivity index (χ2n) is 5.95. The molecule has 2 N–H and O–H groups in total. The Morgan fingerprint density at radius 1 is 0.905 bits per heavy atom. The standard InChI is InChI=1S/C19H25NO/c1-12-9-15(4)18(16(5)10-12)17(20)11-21-19-13(2)7-6-8-14(19)3/h6-10,17H,11,20H2,1-5H3. The van der Waals surface area contributed by atoms with E-state index in [4.69, 9.17) is 10.5 Å². The van der Waals surface area contributed by atoms with Crippen molar-refractivity contribution in [3.05, 3.63) is 63.7 Å². The van der Waals surface area contributed by atoms with Crippen LogP contribution in [0.2, 0.25) is 0 Å². The maximum atomic E-state index is 6.37. The lowest BCUT2D eigenvalue weighted by atomic mass is 9.95. The molecule has 0 aliphatic carbocycles. The van der Waals surface area contributed by atoms with Crippen LogP contribution in [-0.4, -0.2) is 6.61 Å². The lowest BCUT2D eigenvalue weighted by Gasteiger charge is -2.20.